The molecule has 0 spiro atoms. The highest BCUT2D eigenvalue weighted by Crippen LogP contribution is 2.35. The van der Waals surface area contributed by atoms with Gasteiger partial charge in [-0.15, -0.1) is 0 Å². The van der Waals surface area contributed by atoms with Crippen molar-refractivity contribution in [2.45, 2.75) is 37.8 Å². The molecular weight excluding hydrogens is 653 g/mol. The number of carbonyl (C=O) groups excluding carboxylic acids is 2. The van der Waals surface area contributed by atoms with Crippen LogP contribution in [0.25, 0.3) is 0 Å². The van der Waals surface area contributed by atoms with E-state index in [1.54, 1.807) is 48.5 Å². The van der Waals surface area contributed by atoms with Crippen molar-refractivity contribution in [2.75, 3.05) is 17.4 Å². The Kier molecular flexibility index (Phi) is 11.9. The van der Waals surface area contributed by atoms with E-state index in [0.29, 0.717) is 17.1 Å². The number of anilines is 1. The van der Waals surface area contributed by atoms with E-state index in [2.05, 4.69) is 5.32 Å². The van der Waals surface area contributed by atoms with Gasteiger partial charge in [0.2, 0.25) is 11.8 Å². The van der Waals surface area contributed by atoms with Crippen LogP contribution in [-0.2, 0) is 32.6 Å². The topological polar surface area (TPSA) is 86.8 Å². The smallest absolute Gasteiger partial charge is 0.264 e. The maximum absolute atomic E-state index is 14.5. The van der Waals surface area contributed by atoms with Crippen molar-refractivity contribution < 1.29 is 18.0 Å². The van der Waals surface area contributed by atoms with Crippen molar-refractivity contribution in [2.24, 2.45) is 5.92 Å². The third-order valence-corrected chi connectivity index (χ3v) is 10.0. The highest BCUT2D eigenvalue weighted by Gasteiger charge is 2.35. The first-order valence-electron chi connectivity index (χ1n) is 14.3. The fraction of sp³-hybridized carbons (Fsp3) is 0.235. The zero-order chi connectivity index (χ0) is 32.6. The molecule has 1 atom stereocenters. The van der Waals surface area contributed by atoms with Gasteiger partial charge in [0, 0.05) is 24.5 Å². The average molecular weight is 687 g/mol. The second-order valence-corrected chi connectivity index (χ2v) is 13.9. The van der Waals surface area contributed by atoms with Gasteiger partial charge in [0.1, 0.15) is 12.6 Å². The lowest BCUT2D eigenvalue weighted by Crippen LogP contribution is -2.53. The summed E-state index contributed by atoms with van der Waals surface area (Å²) in [5, 5.41) is 3.46. The fourth-order valence-corrected chi connectivity index (χ4v) is 6.79. The Bertz CT molecular complexity index is 1720. The van der Waals surface area contributed by atoms with Crippen molar-refractivity contribution in [3.63, 3.8) is 0 Å². The van der Waals surface area contributed by atoms with Gasteiger partial charge >= 0.3 is 0 Å². The number of nitrogens with zero attached hydrogens (tertiary/aromatic N) is 2. The van der Waals surface area contributed by atoms with Crippen LogP contribution in [0.5, 0.6) is 0 Å². The monoisotopic (exact) mass is 685 g/mol. The zero-order valence-corrected chi connectivity index (χ0v) is 28.0. The number of amides is 2. The number of halogens is 3. The lowest BCUT2D eigenvalue weighted by molar-refractivity contribution is -0.140. The Morgan fingerprint density at radius 1 is 0.778 bits per heavy atom. The molecule has 4 rings (SSSR count). The quantitative estimate of drug-likeness (QED) is 0.161. The first-order valence-corrected chi connectivity index (χ1v) is 16.9. The molecule has 0 aliphatic carbocycles. The predicted molar refractivity (Wildman–Crippen MR) is 181 cm³/mol. The van der Waals surface area contributed by atoms with Crippen molar-refractivity contribution in [1.82, 2.24) is 10.2 Å². The summed E-state index contributed by atoms with van der Waals surface area (Å²) >= 11 is 19.4. The Labute approximate surface area is 279 Å². The molecule has 1 N–H and O–H groups in total. The van der Waals surface area contributed by atoms with E-state index >= 15 is 0 Å². The first kappa shape index (κ1) is 34.3. The van der Waals surface area contributed by atoms with E-state index in [4.69, 9.17) is 34.8 Å². The highest BCUT2D eigenvalue weighted by atomic mass is 35.5. The second kappa shape index (κ2) is 15.6. The van der Waals surface area contributed by atoms with Gasteiger partial charge in [-0.1, -0.05) is 121 Å². The Morgan fingerprint density at radius 2 is 1.38 bits per heavy atom. The van der Waals surface area contributed by atoms with Crippen LogP contribution in [0, 0.1) is 5.92 Å². The van der Waals surface area contributed by atoms with E-state index in [1.165, 1.54) is 29.2 Å². The molecule has 0 aromatic heterocycles. The maximum Gasteiger partial charge on any atom is 0.264 e. The Hall–Kier alpha value is -3.56. The number of hydrogen-bond acceptors (Lipinski definition) is 4. The first-order chi connectivity index (χ1) is 21.5. The molecule has 2 amide bonds. The summed E-state index contributed by atoms with van der Waals surface area (Å²) in [6.45, 7) is 3.63. The van der Waals surface area contributed by atoms with Crippen molar-refractivity contribution in [3.8, 4) is 0 Å². The average Bonchev–Trinajstić information content (AvgIpc) is 3.03. The lowest BCUT2D eigenvalue weighted by atomic mass is 10.0. The summed E-state index contributed by atoms with van der Waals surface area (Å²) in [4.78, 5) is 29.7. The number of rotatable bonds is 13. The number of nitrogens with one attached hydrogen (secondary N) is 1. The summed E-state index contributed by atoms with van der Waals surface area (Å²) in [6.07, 6.45) is 0.185. The number of hydrogen-bond donors (Lipinski definition) is 1. The van der Waals surface area contributed by atoms with E-state index < -0.39 is 28.5 Å². The van der Waals surface area contributed by atoms with E-state index in [-0.39, 0.29) is 45.4 Å². The number of carbonyl (C=O) groups is 2. The third-order valence-electron chi connectivity index (χ3n) is 7.06. The van der Waals surface area contributed by atoms with Crippen LogP contribution in [0.15, 0.2) is 108 Å². The van der Waals surface area contributed by atoms with E-state index in [1.807, 2.05) is 44.2 Å². The summed E-state index contributed by atoms with van der Waals surface area (Å²) in [5.74, 6) is -0.840. The van der Waals surface area contributed by atoms with Crippen LogP contribution in [-0.4, -0.2) is 44.3 Å². The maximum atomic E-state index is 14.5. The van der Waals surface area contributed by atoms with Gasteiger partial charge in [-0.2, -0.15) is 0 Å². The van der Waals surface area contributed by atoms with E-state index in [9.17, 15) is 18.0 Å². The molecule has 0 saturated carbocycles. The molecule has 7 nitrogen and oxygen atoms in total. The molecule has 0 aliphatic rings. The SMILES string of the molecule is CC(C)CNC(=O)[C@@H](Cc1ccccc1)N(Cc1ccccc1Cl)C(=O)CN(c1cccc(Cl)c1Cl)S(=O)(=O)c1ccccc1. The van der Waals surface area contributed by atoms with Crippen molar-refractivity contribution in [3.05, 3.63) is 129 Å². The number of sulfonamides is 1. The summed E-state index contributed by atoms with van der Waals surface area (Å²) in [5.41, 5.74) is 1.45. The highest BCUT2D eigenvalue weighted by molar-refractivity contribution is 7.92. The van der Waals surface area contributed by atoms with Gasteiger partial charge in [0.25, 0.3) is 10.0 Å². The molecule has 4 aromatic rings. The normalized spacial score (nSPS) is 12.0. The van der Waals surface area contributed by atoms with Gasteiger partial charge in [-0.3, -0.25) is 13.9 Å². The molecule has 0 fully saturated rings. The van der Waals surface area contributed by atoms with Crippen molar-refractivity contribution >= 4 is 62.3 Å². The van der Waals surface area contributed by atoms with Crippen LogP contribution >= 0.6 is 34.8 Å². The Balaban J connectivity index is 1.83. The molecule has 11 heteroatoms. The van der Waals surface area contributed by atoms with Crippen LogP contribution in [0.1, 0.15) is 25.0 Å². The fourth-order valence-electron chi connectivity index (χ4n) is 4.70. The molecule has 4 aromatic carbocycles. The van der Waals surface area contributed by atoms with E-state index in [0.717, 1.165) is 9.87 Å². The summed E-state index contributed by atoms with van der Waals surface area (Å²) < 4.78 is 29.1. The molecule has 0 bridgehead atoms. The lowest BCUT2D eigenvalue weighted by Gasteiger charge is -2.34. The molecule has 45 heavy (non-hydrogen) atoms. The van der Waals surface area contributed by atoms with Gasteiger partial charge < -0.3 is 10.2 Å². The zero-order valence-electron chi connectivity index (χ0n) is 24.9. The molecule has 0 saturated heterocycles. The minimum atomic E-state index is -4.31. The largest absolute Gasteiger partial charge is 0.354 e. The summed E-state index contributed by atoms with van der Waals surface area (Å²) in [6, 6.07) is 27.6. The van der Waals surface area contributed by atoms with Gasteiger partial charge in [0.05, 0.1) is 20.6 Å². The standard InChI is InChI=1S/C34H34Cl3N3O4S/c1-24(2)21-38-34(42)31(20-25-12-5-3-6-13-25)39(22-26-14-9-10-17-28(26)35)32(41)23-40(30-19-11-18-29(36)33(30)37)45(43,44)27-15-7-4-8-16-27/h3-19,24,31H,20-23H2,1-2H3,(H,38,42)/t31-/m1/s1. The number of benzene rings is 4. The van der Waals surface area contributed by atoms with Crippen LogP contribution in [0.2, 0.25) is 15.1 Å². The van der Waals surface area contributed by atoms with Gasteiger partial charge in [-0.05, 0) is 47.4 Å². The molecule has 0 unspecified atom stereocenters. The molecule has 236 valence electrons. The van der Waals surface area contributed by atoms with Crippen LogP contribution < -0.4 is 9.62 Å². The summed E-state index contributed by atoms with van der Waals surface area (Å²) in [7, 11) is -4.31. The molecule has 0 heterocycles. The van der Waals surface area contributed by atoms with Crippen LogP contribution in [0.3, 0.4) is 0 Å². The van der Waals surface area contributed by atoms with Gasteiger partial charge in [0.15, 0.2) is 0 Å². The van der Waals surface area contributed by atoms with Gasteiger partial charge in [-0.25, -0.2) is 8.42 Å². The molecular formula is C34H34Cl3N3O4S. The second-order valence-electron chi connectivity index (χ2n) is 10.9. The molecule has 0 radical (unpaired) electrons. The minimum Gasteiger partial charge on any atom is -0.354 e. The van der Waals surface area contributed by atoms with Crippen LogP contribution in [0.4, 0.5) is 5.69 Å². The Morgan fingerprint density at radius 3 is 2.02 bits per heavy atom. The minimum absolute atomic E-state index is 0.0281. The predicted octanol–water partition coefficient (Wildman–Crippen LogP) is 7.25. The molecule has 0 aliphatic heterocycles. The third kappa shape index (κ3) is 8.79. The van der Waals surface area contributed by atoms with Crippen molar-refractivity contribution in [1.29, 1.82) is 0 Å².